The Hall–Kier alpha value is -2.89. The summed E-state index contributed by atoms with van der Waals surface area (Å²) in [5.41, 5.74) is 2.66. The van der Waals surface area contributed by atoms with Crippen LogP contribution in [0, 0.1) is 0 Å². The van der Waals surface area contributed by atoms with Gasteiger partial charge < -0.3 is 26.0 Å². The summed E-state index contributed by atoms with van der Waals surface area (Å²) < 4.78 is 5.28. The Bertz CT molecular complexity index is 759. The van der Waals surface area contributed by atoms with Crippen LogP contribution in [0.5, 0.6) is 0 Å². The summed E-state index contributed by atoms with van der Waals surface area (Å²) in [5.74, 6) is 0. The minimum atomic E-state index is -0.497. The Morgan fingerprint density at radius 3 is 2.14 bits per heavy atom. The van der Waals surface area contributed by atoms with Crippen molar-refractivity contribution in [1.29, 1.82) is 0 Å². The highest BCUT2D eigenvalue weighted by Crippen LogP contribution is 2.16. The Kier molecular flexibility index (Phi) is 8.19. The number of benzene rings is 2. The molecule has 0 aromatic heterocycles. The molecule has 2 aromatic rings. The van der Waals surface area contributed by atoms with E-state index in [1.54, 1.807) is 0 Å². The lowest BCUT2D eigenvalue weighted by molar-refractivity contribution is 0.0511. The molecule has 6 heteroatoms. The number of carbonyl (C=O) groups excluding carboxylic acids is 1. The third kappa shape index (κ3) is 9.23. The standard InChI is InChI=1S/C23H34N4O2/c1-17(15-24-19-10-7-6-8-11-19)26-21-13-9-12-20(14-21)25-16-18(2)27-22(28)29-23(3,4)5/h6-14,17-18,24-26H,15-16H2,1-5H3,(H,27,28). The molecular weight excluding hydrogens is 364 g/mol. The zero-order valence-electron chi connectivity index (χ0n) is 18.1. The van der Waals surface area contributed by atoms with Crippen molar-refractivity contribution in [3.63, 3.8) is 0 Å². The summed E-state index contributed by atoms with van der Waals surface area (Å²) in [7, 11) is 0. The maximum Gasteiger partial charge on any atom is 0.407 e. The predicted molar refractivity (Wildman–Crippen MR) is 122 cm³/mol. The minimum Gasteiger partial charge on any atom is -0.444 e. The number of rotatable bonds is 9. The zero-order chi connectivity index (χ0) is 21.3. The third-order valence-electron chi connectivity index (χ3n) is 4.04. The van der Waals surface area contributed by atoms with E-state index in [-0.39, 0.29) is 12.1 Å². The summed E-state index contributed by atoms with van der Waals surface area (Å²) in [6.07, 6.45) is -0.401. The molecule has 0 heterocycles. The molecule has 0 radical (unpaired) electrons. The van der Waals surface area contributed by atoms with Crippen LogP contribution in [0.3, 0.4) is 0 Å². The van der Waals surface area contributed by atoms with Crippen LogP contribution in [0.1, 0.15) is 34.6 Å². The minimum absolute atomic E-state index is 0.0598. The van der Waals surface area contributed by atoms with Crippen molar-refractivity contribution in [2.45, 2.75) is 52.3 Å². The van der Waals surface area contributed by atoms with Crippen molar-refractivity contribution in [2.75, 3.05) is 29.0 Å². The van der Waals surface area contributed by atoms with Gasteiger partial charge in [0.05, 0.1) is 0 Å². The molecule has 0 aliphatic carbocycles. The molecule has 0 bridgehead atoms. The van der Waals surface area contributed by atoms with Gasteiger partial charge in [-0.05, 0) is 65.0 Å². The van der Waals surface area contributed by atoms with E-state index >= 15 is 0 Å². The molecule has 29 heavy (non-hydrogen) atoms. The van der Waals surface area contributed by atoms with Crippen LogP contribution in [-0.2, 0) is 4.74 Å². The van der Waals surface area contributed by atoms with Crippen LogP contribution in [0.15, 0.2) is 54.6 Å². The van der Waals surface area contributed by atoms with Crippen LogP contribution in [0.2, 0.25) is 0 Å². The SMILES string of the molecule is CC(CNc1cccc(NC(C)CNc2ccccc2)c1)NC(=O)OC(C)(C)C. The van der Waals surface area contributed by atoms with Gasteiger partial charge in [0.15, 0.2) is 0 Å². The Labute approximate surface area is 174 Å². The van der Waals surface area contributed by atoms with Crippen molar-refractivity contribution in [3.05, 3.63) is 54.6 Å². The average molecular weight is 399 g/mol. The molecule has 0 spiro atoms. The molecule has 2 rings (SSSR count). The summed E-state index contributed by atoms with van der Waals surface area (Å²) in [6, 6.07) is 18.5. The van der Waals surface area contributed by atoms with Gasteiger partial charge in [0, 0.05) is 42.2 Å². The number of amides is 1. The molecule has 1 amide bonds. The molecular formula is C23H34N4O2. The molecule has 6 nitrogen and oxygen atoms in total. The highest BCUT2D eigenvalue weighted by molar-refractivity contribution is 5.68. The number of ether oxygens (including phenoxy) is 1. The van der Waals surface area contributed by atoms with Gasteiger partial charge in [-0.25, -0.2) is 4.79 Å². The first-order chi connectivity index (χ1) is 13.7. The summed E-state index contributed by atoms with van der Waals surface area (Å²) in [4.78, 5) is 11.8. The van der Waals surface area contributed by atoms with E-state index in [0.29, 0.717) is 6.54 Å². The summed E-state index contributed by atoms with van der Waals surface area (Å²) >= 11 is 0. The fraction of sp³-hybridized carbons (Fsp3) is 0.435. The van der Waals surface area contributed by atoms with Gasteiger partial charge in [0.1, 0.15) is 5.60 Å². The second-order valence-electron chi connectivity index (χ2n) is 8.30. The molecule has 0 aliphatic heterocycles. The fourth-order valence-corrected chi connectivity index (χ4v) is 2.71. The summed E-state index contributed by atoms with van der Waals surface area (Å²) in [6.45, 7) is 11.1. The lowest BCUT2D eigenvalue weighted by Crippen LogP contribution is -2.40. The van der Waals surface area contributed by atoms with Crippen LogP contribution >= 0.6 is 0 Å². The number of hydrogen-bond acceptors (Lipinski definition) is 5. The van der Waals surface area contributed by atoms with Crippen molar-refractivity contribution < 1.29 is 9.53 Å². The number of alkyl carbamates (subject to hydrolysis) is 1. The molecule has 2 unspecified atom stereocenters. The molecule has 0 saturated heterocycles. The number of anilines is 3. The average Bonchev–Trinajstić information content (AvgIpc) is 2.64. The van der Waals surface area contributed by atoms with E-state index in [2.05, 4.69) is 46.4 Å². The maximum absolute atomic E-state index is 11.8. The van der Waals surface area contributed by atoms with E-state index < -0.39 is 11.7 Å². The second-order valence-corrected chi connectivity index (χ2v) is 8.30. The van der Waals surface area contributed by atoms with Crippen LogP contribution in [-0.4, -0.2) is 36.9 Å². The van der Waals surface area contributed by atoms with Gasteiger partial charge in [0.2, 0.25) is 0 Å². The van der Waals surface area contributed by atoms with Crippen molar-refractivity contribution in [1.82, 2.24) is 5.32 Å². The van der Waals surface area contributed by atoms with E-state index in [1.165, 1.54) is 0 Å². The Balaban J connectivity index is 1.77. The smallest absolute Gasteiger partial charge is 0.407 e. The fourth-order valence-electron chi connectivity index (χ4n) is 2.71. The highest BCUT2D eigenvalue weighted by Gasteiger charge is 2.17. The molecule has 2 aromatic carbocycles. The van der Waals surface area contributed by atoms with Crippen molar-refractivity contribution in [2.24, 2.45) is 0 Å². The largest absolute Gasteiger partial charge is 0.444 e. The van der Waals surface area contributed by atoms with Gasteiger partial charge in [-0.15, -0.1) is 0 Å². The third-order valence-corrected chi connectivity index (χ3v) is 4.04. The van der Waals surface area contributed by atoms with E-state index in [4.69, 9.17) is 4.74 Å². The van der Waals surface area contributed by atoms with Crippen molar-refractivity contribution in [3.8, 4) is 0 Å². The van der Waals surface area contributed by atoms with E-state index in [1.807, 2.05) is 64.1 Å². The van der Waals surface area contributed by atoms with E-state index in [9.17, 15) is 4.79 Å². The first-order valence-electron chi connectivity index (χ1n) is 10.1. The number of hydrogen-bond donors (Lipinski definition) is 4. The van der Waals surface area contributed by atoms with Gasteiger partial charge in [-0.1, -0.05) is 24.3 Å². The van der Waals surface area contributed by atoms with Crippen molar-refractivity contribution >= 4 is 23.2 Å². The van der Waals surface area contributed by atoms with Gasteiger partial charge in [-0.2, -0.15) is 0 Å². The van der Waals surface area contributed by atoms with Crippen LogP contribution in [0.4, 0.5) is 21.9 Å². The normalized spacial score (nSPS) is 13.1. The van der Waals surface area contributed by atoms with Crippen LogP contribution < -0.4 is 21.3 Å². The van der Waals surface area contributed by atoms with Gasteiger partial charge in [-0.3, -0.25) is 0 Å². The number of nitrogens with one attached hydrogen (secondary N) is 4. The van der Waals surface area contributed by atoms with Gasteiger partial charge in [0.25, 0.3) is 0 Å². The Morgan fingerprint density at radius 2 is 1.45 bits per heavy atom. The summed E-state index contributed by atoms with van der Waals surface area (Å²) in [5, 5.41) is 13.1. The molecule has 2 atom stereocenters. The predicted octanol–water partition coefficient (Wildman–Crippen LogP) is 4.92. The molecule has 4 N–H and O–H groups in total. The lowest BCUT2D eigenvalue weighted by atomic mass is 10.2. The molecule has 158 valence electrons. The maximum atomic E-state index is 11.8. The first-order valence-corrected chi connectivity index (χ1v) is 10.1. The lowest BCUT2D eigenvalue weighted by Gasteiger charge is -2.22. The van der Waals surface area contributed by atoms with E-state index in [0.717, 1.165) is 23.6 Å². The van der Waals surface area contributed by atoms with Gasteiger partial charge >= 0.3 is 6.09 Å². The Morgan fingerprint density at radius 1 is 0.862 bits per heavy atom. The molecule has 0 saturated carbocycles. The monoisotopic (exact) mass is 398 g/mol. The number of para-hydroxylation sites is 1. The number of carbonyl (C=O) groups is 1. The molecule has 0 aliphatic rings. The second kappa shape index (κ2) is 10.6. The zero-order valence-corrected chi connectivity index (χ0v) is 18.1. The topological polar surface area (TPSA) is 74.4 Å². The quantitative estimate of drug-likeness (QED) is 0.482. The van der Waals surface area contributed by atoms with Crippen LogP contribution in [0.25, 0.3) is 0 Å². The molecule has 0 fully saturated rings. The first kappa shape index (κ1) is 22.4. The highest BCUT2D eigenvalue weighted by atomic mass is 16.6.